The molecule has 5 rings (SSSR count). The molecule has 0 saturated heterocycles. The molecule has 0 aliphatic carbocycles. The lowest BCUT2D eigenvalue weighted by Crippen LogP contribution is -2.24. The number of hydrogen-bond donors (Lipinski definition) is 2. The minimum Gasteiger partial charge on any atom is -0.493 e. The number of hydrogen-bond acceptors (Lipinski definition) is 6. The summed E-state index contributed by atoms with van der Waals surface area (Å²) < 4.78 is 12.4. The fourth-order valence-electron chi connectivity index (χ4n) is 4.24. The number of methoxy groups -OCH3 is 2. The van der Waals surface area contributed by atoms with Gasteiger partial charge in [0, 0.05) is 47.2 Å². The highest BCUT2D eigenvalue weighted by Gasteiger charge is 2.13. The number of benzene rings is 2. The first-order chi connectivity index (χ1) is 19.1. The summed E-state index contributed by atoms with van der Waals surface area (Å²) in [6.45, 7) is 0.892. The molecule has 3 heterocycles. The van der Waals surface area contributed by atoms with Crippen molar-refractivity contribution < 1.29 is 14.3 Å². The summed E-state index contributed by atoms with van der Waals surface area (Å²) in [5, 5.41) is 17.8. The third kappa shape index (κ3) is 5.65. The van der Waals surface area contributed by atoms with Crippen molar-refractivity contribution in [3.05, 3.63) is 102 Å². The van der Waals surface area contributed by atoms with E-state index in [-0.39, 0.29) is 12.1 Å². The number of aromatic amines is 1. The van der Waals surface area contributed by atoms with E-state index < -0.39 is 5.91 Å². The third-order valence-electron chi connectivity index (χ3n) is 6.28. The first-order valence-corrected chi connectivity index (χ1v) is 12.2. The molecule has 0 fully saturated rings. The highest BCUT2D eigenvalue weighted by Crippen LogP contribution is 2.28. The van der Waals surface area contributed by atoms with Gasteiger partial charge in [-0.1, -0.05) is 36.4 Å². The summed E-state index contributed by atoms with van der Waals surface area (Å²) in [5.74, 6) is 0.682. The number of fused-ring (bicyclic) bond motifs is 1. The second-order valence-corrected chi connectivity index (χ2v) is 8.82. The van der Waals surface area contributed by atoms with Gasteiger partial charge in [-0.3, -0.25) is 9.48 Å². The summed E-state index contributed by atoms with van der Waals surface area (Å²) in [5.41, 5.74) is 5.10. The van der Waals surface area contributed by atoms with Crippen LogP contribution in [-0.2, 0) is 17.9 Å². The Kier molecular flexibility index (Phi) is 7.37. The Hall–Kier alpha value is -5.36. The van der Waals surface area contributed by atoms with Crippen LogP contribution in [-0.4, -0.2) is 39.9 Å². The van der Waals surface area contributed by atoms with E-state index in [4.69, 9.17) is 9.47 Å². The number of nitriles is 1. The second kappa shape index (κ2) is 11.4. The van der Waals surface area contributed by atoms with E-state index in [1.807, 2.05) is 47.3 Å². The number of carbonyl (C=O) groups is 1. The van der Waals surface area contributed by atoms with Crippen LogP contribution in [0.4, 0.5) is 0 Å². The molecule has 0 spiro atoms. The van der Waals surface area contributed by atoms with E-state index in [0.29, 0.717) is 29.3 Å². The number of H-pyrrole nitrogens is 1. The van der Waals surface area contributed by atoms with Gasteiger partial charge in [0.2, 0.25) is 0 Å². The molecule has 0 radical (unpaired) electrons. The summed E-state index contributed by atoms with van der Waals surface area (Å²) >= 11 is 0. The molecule has 9 nitrogen and oxygen atoms in total. The highest BCUT2D eigenvalue weighted by atomic mass is 16.5. The molecular formula is C30H26N6O3. The van der Waals surface area contributed by atoms with E-state index in [1.165, 1.54) is 0 Å². The van der Waals surface area contributed by atoms with Gasteiger partial charge in [-0.2, -0.15) is 10.4 Å². The van der Waals surface area contributed by atoms with Crippen molar-refractivity contribution in [1.29, 1.82) is 5.26 Å². The summed E-state index contributed by atoms with van der Waals surface area (Å²) in [7, 11) is 3.11. The van der Waals surface area contributed by atoms with E-state index in [2.05, 4.69) is 32.5 Å². The van der Waals surface area contributed by atoms with Crippen molar-refractivity contribution in [3.8, 4) is 28.7 Å². The van der Waals surface area contributed by atoms with E-state index >= 15 is 0 Å². The van der Waals surface area contributed by atoms with Gasteiger partial charge in [-0.15, -0.1) is 0 Å². The number of amides is 1. The molecule has 5 aromatic rings. The molecule has 1 amide bonds. The zero-order valence-corrected chi connectivity index (χ0v) is 21.5. The summed E-state index contributed by atoms with van der Waals surface area (Å²) in [4.78, 5) is 20.5. The zero-order chi connectivity index (χ0) is 27.2. The lowest BCUT2D eigenvalue weighted by atomic mass is 10.1. The number of aromatic nitrogens is 4. The molecule has 2 N–H and O–H groups in total. The predicted molar refractivity (Wildman–Crippen MR) is 148 cm³/mol. The van der Waals surface area contributed by atoms with Crippen LogP contribution in [0.3, 0.4) is 0 Å². The number of ether oxygens (including phenoxy) is 2. The zero-order valence-electron chi connectivity index (χ0n) is 21.5. The number of nitrogens with one attached hydrogen (secondary N) is 2. The standard InChI is InChI=1S/C30H26N6O3/c1-38-27-9-8-21(10-28(27)39-2)14-34-30(37)22(13-31)11-24-16-33-29-26(24)12-23(15-32-29)25-17-35-36(19-25)18-20-6-4-3-5-7-20/h3-12,15-17,19H,14,18H2,1-2H3,(H,32,33)(H,34,37)/b22-11+. The van der Waals surface area contributed by atoms with Crippen LogP contribution in [0.5, 0.6) is 11.5 Å². The molecule has 0 saturated carbocycles. The minimum atomic E-state index is -0.479. The fourth-order valence-corrected chi connectivity index (χ4v) is 4.24. The van der Waals surface area contributed by atoms with Crippen molar-refractivity contribution >= 4 is 23.0 Å². The normalized spacial score (nSPS) is 11.3. The topological polar surface area (TPSA) is 118 Å². The maximum Gasteiger partial charge on any atom is 0.262 e. The van der Waals surface area contributed by atoms with Crippen LogP contribution in [0, 0.1) is 11.3 Å². The smallest absolute Gasteiger partial charge is 0.262 e. The van der Waals surface area contributed by atoms with Crippen LogP contribution in [0.25, 0.3) is 28.2 Å². The first kappa shape index (κ1) is 25.3. The van der Waals surface area contributed by atoms with Gasteiger partial charge in [0.25, 0.3) is 5.91 Å². The molecule has 0 aliphatic heterocycles. The summed E-state index contributed by atoms with van der Waals surface area (Å²) in [6, 6.07) is 19.5. The lowest BCUT2D eigenvalue weighted by molar-refractivity contribution is -0.117. The van der Waals surface area contributed by atoms with Crippen molar-refractivity contribution in [2.45, 2.75) is 13.1 Å². The van der Waals surface area contributed by atoms with E-state index in [9.17, 15) is 10.1 Å². The molecule has 39 heavy (non-hydrogen) atoms. The second-order valence-electron chi connectivity index (χ2n) is 8.82. The van der Waals surface area contributed by atoms with Crippen molar-refractivity contribution in [1.82, 2.24) is 25.1 Å². The highest BCUT2D eigenvalue weighted by molar-refractivity contribution is 6.03. The molecule has 0 atom stereocenters. The van der Waals surface area contributed by atoms with Crippen molar-refractivity contribution in [2.75, 3.05) is 14.2 Å². The SMILES string of the molecule is COc1ccc(CNC(=O)/C(C#N)=C/c2c[nH]c3ncc(-c4cnn(Cc5ccccc5)c4)cc23)cc1OC. The Labute approximate surface area is 225 Å². The van der Waals surface area contributed by atoms with Gasteiger partial charge in [-0.05, 0) is 35.4 Å². The van der Waals surface area contributed by atoms with Gasteiger partial charge in [0.05, 0.1) is 27.0 Å². The van der Waals surface area contributed by atoms with Crippen LogP contribution in [0.2, 0.25) is 0 Å². The number of pyridine rings is 1. The monoisotopic (exact) mass is 518 g/mol. The Morgan fingerprint density at radius 3 is 2.64 bits per heavy atom. The lowest BCUT2D eigenvalue weighted by Gasteiger charge is -2.10. The molecule has 9 heteroatoms. The summed E-state index contributed by atoms with van der Waals surface area (Å²) in [6.07, 6.45) is 8.85. The molecule has 0 unspecified atom stereocenters. The Bertz CT molecular complexity index is 1700. The molecular weight excluding hydrogens is 492 g/mol. The van der Waals surface area contributed by atoms with Gasteiger partial charge in [-0.25, -0.2) is 4.98 Å². The van der Waals surface area contributed by atoms with E-state index in [1.54, 1.807) is 51.0 Å². The number of nitrogens with zero attached hydrogens (tertiary/aromatic N) is 4. The quantitative estimate of drug-likeness (QED) is 0.215. The Morgan fingerprint density at radius 1 is 1.05 bits per heavy atom. The molecule has 2 aromatic carbocycles. The average Bonchev–Trinajstić information content (AvgIpc) is 3.61. The van der Waals surface area contributed by atoms with Gasteiger partial charge >= 0.3 is 0 Å². The van der Waals surface area contributed by atoms with Crippen molar-refractivity contribution in [2.24, 2.45) is 0 Å². The van der Waals surface area contributed by atoms with Crippen molar-refractivity contribution in [3.63, 3.8) is 0 Å². The maximum atomic E-state index is 12.8. The van der Waals surface area contributed by atoms with E-state index in [0.717, 1.165) is 27.6 Å². The predicted octanol–water partition coefficient (Wildman–Crippen LogP) is 4.72. The van der Waals surface area contributed by atoms with Crippen LogP contribution in [0.1, 0.15) is 16.7 Å². The maximum absolute atomic E-state index is 12.8. The van der Waals surface area contributed by atoms with Crippen LogP contribution < -0.4 is 14.8 Å². The molecule has 0 bridgehead atoms. The molecule has 194 valence electrons. The number of rotatable bonds is 9. The molecule has 0 aliphatic rings. The minimum absolute atomic E-state index is 0.0162. The average molecular weight is 519 g/mol. The fraction of sp³-hybridized carbons (Fsp3) is 0.133. The third-order valence-corrected chi connectivity index (χ3v) is 6.28. The van der Waals surface area contributed by atoms with Gasteiger partial charge in [0.1, 0.15) is 17.3 Å². The Balaban J connectivity index is 1.34. The first-order valence-electron chi connectivity index (χ1n) is 12.2. The Morgan fingerprint density at radius 2 is 1.87 bits per heavy atom. The molecule has 3 aromatic heterocycles. The van der Waals surface area contributed by atoms with Gasteiger partial charge < -0.3 is 19.8 Å². The van der Waals surface area contributed by atoms with Crippen LogP contribution >= 0.6 is 0 Å². The largest absolute Gasteiger partial charge is 0.493 e. The van der Waals surface area contributed by atoms with Crippen LogP contribution in [0.15, 0.2) is 85.0 Å². The number of carbonyl (C=O) groups excluding carboxylic acids is 1. The van der Waals surface area contributed by atoms with Gasteiger partial charge in [0.15, 0.2) is 11.5 Å².